The molecule has 3 heterocycles. The molecule has 0 saturated carbocycles. The molecule has 1 saturated heterocycles. The molecule has 1 fully saturated rings. The number of fused-ring (bicyclic) bond motifs is 1. The predicted octanol–water partition coefficient (Wildman–Crippen LogP) is 2.17. The normalized spacial score (nSPS) is 14.2. The number of benzene rings is 1. The Balaban J connectivity index is 1.33. The minimum Gasteiger partial charge on any atom is -0.487 e. The number of hydrogen-bond donors (Lipinski definition) is 2. The van der Waals surface area contributed by atoms with Gasteiger partial charge in [0.25, 0.3) is 5.91 Å². The van der Waals surface area contributed by atoms with Gasteiger partial charge in [-0.05, 0) is 42.8 Å². The summed E-state index contributed by atoms with van der Waals surface area (Å²) in [7, 11) is 0. The molecule has 0 bridgehead atoms. The molecule has 0 unspecified atom stereocenters. The Labute approximate surface area is 152 Å². The molecule has 1 aliphatic heterocycles. The van der Waals surface area contributed by atoms with Crippen molar-refractivity contribution in [1.82, 2.24) is 20.0 Å². The highest BCUT2D eigenvalue weighted by atomic mass is 16.5. The zero-order valence-corrected chi connectivity index (χ0v) is 14.7. The van der Waals surface area contributed by atoms with Crippen molar-refractivity contribution in [2.75, 3.05) is 19.6 Å². The van der Waals surface area contributed by atoms with Crippen LogP contribution in [0.1, 0.15) is 21.6 Å². The third-order valence-electron chi connectivity index (χ3n) is 4.57. The third kappa shape index (κ3) is 3.70. The number of imidazole rings is 1. The zero-order chi connectivity index (χ0) is 17.9. The van der Waals surface area contributed by atoms with Crippen molar-refractivity contribution in [2.24, 2.45) is 5.92 Å². The summed E-state index contributed by atoms with van der Waals surface area (Å²) >= 11 is 0. The number of aromatic nitrogens is 2. The molecule has 6 heteroatoms. The van der Waals surface area contributed by atoms with E-state index in [4.69, 9.17) is 4.74 Å². The molecule has 134 valence electrons. The Kier molecular flexibility index (Phi) is 4.58. The van der Waals surface area contributed by atoms with E-state index in [0.29, 0.717) is 18.1 Å². The summed E-state index contributed by atoms with van der Waals surface area (Å²) in [6, 6.07) is 11.2. The van der Waals surface area contributed by atoms with Crippen LogP contribution in [0.5, 0.6) is 5.75 Å². The predicted molar refractivity (Wildman–Crippen MR) is 99.4 cm³/mol. The number of carbonyl (C=O) groups excluding carboxylic acids is 1. The lowest BCUT2D eigenvalue weighted by Gasteiger charge is -2.27. The van der Waals surface area contributed by atoms with E-state index in [1.807, 2.05) is 41.1 Å². The Morgan fingerprint density at radius 1 is 1.23 bits per heavy atom. The maximum Gasteiger partial charge on any atom is 0.251 e. The SMILES string of the molecule is Cc1ccc2nc(COc3ccc(C(=O)NCC4CNC4)cc3)cn2c1. The Morgan fingerprint density at radius 3 is 2.77 bits per heavy atom. The molecule has 26 heavy (non-hydrogen) atoms. The first kappa shape index (κ1) is 16.6. The Morgan fingerprint density at radius 2 is 2.04 bits per heavy atom. The minimum atomic E-state index is -0.0424. The average molecular weight is 350 g/mol. The van der Waals surface area contributed by atoms with Crippen LogP contribution in [0.4, 0.5) is 0 Å². The lowest BCUT2D eigenvalue weighted by molar-refractivity contribution is 0.0942. The summed E-state index contributed by atoms with van der Waals surface area (Å²) in [6.07, 6.45) is 4.01. The molecule has 0 atom stereocenters. The molecule has 3 aromatic rings. The number of amides is 1. The number of nitrogens with zero attached hydrogens (tertiary/aromatic N) is 2. The van der Waals surface area contributed by atoms with Gasteiger partial charge in [-0.15, -0.1) is 0 Å². The van der Waals surface area contributed by atoms with Crippen LogP contribution < -0.4 is 15.4 Å². The van der Waals surface area contributed by atoms with Crippen LogP contribution in [0.15, 0.2) is 48.8 Å². The van der Waals surface area contributed by atoms with E-state index in [1.54, 1.807) is 12.1 Å². The Hall–Kier alpha value is -2.86. The number of carbonyl (C=O) groups is 1. The number of pyridine rings is 1. The number of nitrogens with one attached hydrogen (secondary N) is 2. The third-order valence-corrected chi connectivity index (χ3v) is 4.57. The molecule has 2 N–H and O–H groups in total. The van der Waals surface area contributed by atoms with Crippen LogP contribution in [0, 0.1) is 12.8 Å². The van der Waals surface area contributed by atoms with E-state index < -0.39 is 0 Å². The molecule has 1 aliphatic rings. The monoisotopic (exact) mass is 350 g/mol. The van der Waals surface area contributed by atoms with Crippen molar-refractivity contribution < 1.29 is 9.53 Å². The van der Waals surface area contributed by atoms with Crippen molar-refractivity contribution >= 4 is 11.6 Å². The first-order valence-electron chi connectivity index (χ1n) is 8.83. The molecule has 1 aromatic carbocycles. The summed E-state index contributed by atoms with van der Waals surface area (Å²) in [5, 5.41) is 6.16. The van der Waals surface area contributed by atoms with Gasteiger partial charge in [-0.1, -0.05) is 6.07 Å². The lowest BCUT2D eigenvalue weighted by atomic mass is 10.0. The molecule has 6 nitrogen and oxygen atoms in total. The second-order valence-electron chi connectivity index (χ2n) is 6.75. The van der Waals surface area contributed by atoms with Gasteiger partial charge in [-0.25, -0.2) is 4.98 Å². The van der Waals surface area contributed by atoms with E-state index in [-0.39, 0.29) is 5.91 Å². The maximum atomic E-state index is 12.1. The molecule has 4 rings (SSSR count). The van der Waals surface area contributed by atoms with Gasteiger partial charge in [-0.2, -0.15) is 0 Å². The highest BCUT2D eigenvalue weighted by molar-refractivity contribution is 5.94. The fourth-order valence-electron chi connectivity index (χ4n) is 2.92. The first-order chi connectivity index (χ1) is 12.7. The van der Waals surface area contributed by atoms with E-state index in [2.05, 4.69) is 22.5 Å². The van der Waals surface area contributed by atoms with Gasteiger partial charge in [-0.3, -0.25) is 4.79 Å². The molecular formula is C20H22N4O2. The van der Waals surface area contributed by atoms with Gasteiger partial charge in [0.05, 0.1) is 5.69 Å². The number of aryl methyl sites for hydroxylation is 1. The van der Waals surface area contributed by atoms with Crippen molar-refractivity contribution in [1.29, 1.82) is 0 Å². The Bertz CT molecular complexity index is 913. The standard InChI is InChI=1S/C20H22N4O2/c1-14-2-7-19-23-17(12-24(19)11-14)13-26-18-5-3-16(4-6-18)20(25)22-10-15-8-21-9-15/h2-7,11-12,15,21H,8-10,13H2,1H3,(H,22,25). The van der Waals surface area contributed by atoms with Crippen LogP contribution in [0.2, 0.25) is 0 Å². The zero-order valence-electron chi connectivity index (χ0n) is 14.7. The summed E-state index contributed by atoms with van der Waals surface area (Å²) in [5.41, 5.74) is 3.60. The van der Waals surface area contributed by atoms with Crippen LogP contribution >= 0.6 is 0 Å². The van der Waals surface area contributed by atoms with Crippen molar-refractivity contribution in [3.8, 4) is 5.75 Å². The van der Waals surface area contributed by atoms with Crippen LogP contribution in [-0.4, -0.2) is 34.9 Å². The molecule has 0 radical (unpaired) electrons. The summed E-state index contributed by atoms with van der Waals surface area (Å²) in [6.45, 7) is 5.13. The van der Waals surface area contributed by atoms with Crippen LogP contribution in [0.3, 0.4) is 0 Å². The number of rotatable bonds is 6. The molecular weight excluding hydrogens is 328 g/mol. The topological polar surface area (TPSA) is 67.7 Å². The van der Waals surface area contributed by atoms with Gasteiger partial charge in [0, 0.05) is 43.5 Å². The minimum absolute atomic E-state index is 0.0424. The average Bonchev–Trinajstić information content (AvgIpc) is 3.01. The van der Waals surface area contributed by atoms with Crippen LogP contribution in [-0.2, 0) is 6.61 Å². The van der Waals surface area contributed by atoms with Gasteiger partial charge >= 0.3 is 0 Å². The highest BCUT2D eigenvalue weighted by Gasteiger charge is 2.17. The smallest absolute Gasteiger partial charge is 0.251 e. The van der Waals surface area contributed by atoms with Gasteiger partial charge in [0.2, 0.25) is 0 Å². The fraction of sp³-hybridized carbons (Fsp3) is 0.300. The second kappa shape index (κ2) is 7.17. The second-order valence-corrected chi connectivity index (χ2v) is 6.75. The van der Waals surface area contributed by atoms with E-state index in [0.717, 1.165) is 36.7 Å². The summed E-state index contributed by atoms with van der Waals surface area (Å²) in [5.74, 6) is 1.23. The summed E-state index contributed by atoms with van der Waals surface area (Å²) < 4.78 is 7.79. The molecule has 0 spiro atoms. The van der Waals surface area contributed by atoms with Crippen LogP contribution in [0.25, 0.3) is 5.65 Å². The van der Waals surface area contributed by atoms with E-state index in [1.165, 1.54) is 5.56 Å². The van der Waals surface area contributed by atoms with Crippen molar-refractivity contribution in [3.05, 3.63) is 65.6 Å². The fourth-order valence-corrected chi connectivity index (χ4v) is 2.92. The first-order valence-corrected chi connectivity index (χ1v) is 8.83. The van der Waals surface area contributed by atoms with Crippen molar-refractivity contribution in [2.45, 2.75) is 13.5 Å². The maximum absolute atomic E-state index is 12.1. The highest BCUT2D eigenvalue weighted by Crippen LogP contribution is 2.15. The number of ether oxygens (including phenoxy) is 1. The van der Waals surface area contributed by atoms with Gasteiger partial charge in [0.15, 0.2) is 0 Å². The molecule has 0 aliphatic carbocycles. The van der Waals surface area contributed by atoms with E-state index in [9.17, 15) is 4.79 Å². The van der Waals surface area contributed by atoms with E-state index >= 15 is 0 Å². The lowest BCUT2D eigenvalue weighted by Crippen LogP contribution is -2.48. The summed E-state index contributed by atoms with van der Waals surface area (Å²) in [4.78, 5) is 16.7. The van der Waals surface area contributed by atoms with Crippen molar-refractivity contribution in [3.63, 3.8) is 0 Å². The molecule has 1 amide bonds. The largest absolute Gasteiger partial charge is 0.487 e. The van der Waals surface area contributed by atoms with Gasteiger partial charge in [0.1, 0.15) is 18.0 Å². The number of hydrogen-bond acceptors (Lipinski definition) is 4. The van der Waals surface area contributed by atoms with Gasteiger partial charge < -0.3 is 19.8 Å². The molecule has 2 aromatic heterocycles. The quantitative estimate of drug-likeness (QED) is 0.715.